The van der Waals surface area contributed by atoms with Crippen LogP contribution in [0.3, 0.4) is 0 Å². The largest absolute Gasteiger partial charge is 0.344 e. The highest BCUT2D eigenvalue weighted by molar-refractivity contribution is 7.92. The summed E-state index contributed by atoms with van der Waals surface area (Å²) < 4.78 is 57.7. The van der Waals surface area contributed by atoms with Crippen LogP contribution in [-0.2, 0) is 26.7 Å². The second kappa shape index (κ2) is 7.90. The van der Waals surface area contributed by atoms with Crippen LogP contribution in [-0.4, -0.2) is 38.0 Å². The Balaban J connectivity index is 2.39. The summed E-state index contributed by atoms with van der Waals surface area (Å²) in [5, 5.41) is 0. The Morgan fingerprint density at radius 3 is 2.35 bits per heavy atom. The molecule has 0 bridgehead atoms. The van der Waals surface area contributed by atoms with E-state index in [4.69, 9.17) is 11.1 Å². The summed E-state index contributed by atoms with van der Waals surface area (Å²) in [6.45, 7) is 7.75. The summed E-state index contributed by atoms with van der Waals surface area (Å²) in [7, 11) is -7.64. The van der Waals surface area contributed by atoms with Crippen molar-refractivity contribution >= 4 is 31.6 Å². The van der Waals surface area contributed by atoms with Gasteiger partial charge < -0.3 is 4.57 Å². The minimum Gasteiger partial charge on any atom is -0.344 e. The molecule has 2 aromatic rings. The molecule has 10 heteroatoms. The molecule has 140 valence electrons. The maximum Gasteiger partial charge on any atom is 0.264 e. The van der Waals surface area contributed by atoms with E-state index in [2.05, 4.69) is 9.57 Å². The number of sulfonamides is 1. The molecule has 0 aliphatic rings. The number of hydrogen-bond acceptors (Lipinski definition) is 4. The quantitative estimate of drug-likeness (QED) is 0.404. The second-order valence-electron chi connectivity index (χ2n) is 5.78. The number of aromatic nitrogens is 1. The Morgan fingerprint density at radius 2 is 1.81 bits per heavy atom. The van der Waals surface area contributed by atoms with E-state index < -0.39 is 20.1 Å². The van der Waals surface area contributed by atoms with Gasteiger partial charge in [-0.25, -0.2) is 13.3 Å². The minimum absolute atomic E-state index is 0.146. The van der Waals surface area contributed by atoms with Crippen molar-refractivity contribution < 1.29 is 21.4 Å². The van der Waals surface area contributed by atoms with E-state index in [1.165, 1.54) is 0 Å². The number of benzene rings is 1. The second-order valence-corrected chi connectivity index (χ2v) is 9.10. The number of aryl methyl sites for hydroxylation is 1. The highest BCUT2D eigenvalue weighted by atomic mass is 32.2. The standard InChI is InChI=1S/C16H19N3O5S2/c1-17-15-14(13-8-4-3-5-9-13)12-19(16(15)18-25(2,20)21)10-6-7-11-26(22,23)24/h3-5,8-9,12,18H,6-7,10-11H2,2H3,(H,22,23,24). The first-order chi connectivity index (χ1) is 12.1. The van der Waals surface area contributed by atoms with Crippen molar-refractivity contribution in [3.63, 3.8) is 0 Å². The number of unbranched alkanes of at least 4 members (excludes halogenated alkanes) is 1. The van der Waals surface area contributed by atoms with Gasteiger partial charge in [0, 0.05) is 18.3 Å². The third kappa shape index (κ3) is 5.59. The molecule has 0 amide bonds. The molecule has 0 saturated heterocycles. The average Bonchev–Trinajstić information content (AvgIpc) is 2.87. The number of nitrogens with one attached hydrogen (secondary N) is 1. The first-order valence-electron chi connectivity index (χ1n) is 7.69. The zero-order valence-electron chi connectivity index (χ0n) is 14.1. The zero-order chi connectivity index (χ0) is 19.4. The van der Waals surface area contributed by atoms with Gasteiger partial charge in [-0.05, 0) is 18.4 Å². The van der Waals surface area contributed by atoms with Gasteiger partial charge in [-0.1, -0.05) is 30.3 Å². The predicted octanol–water partition coefficient (Wildman–Crippen LogP) is 2.75. The maximum absolute atomic E-state index is 11.7. The third-order valence-corrected chi connectivity index (χ3v) is 4.95. The third-order valence-electron chi connectivity index (χ3n) is 3.58. The Hall–Kier alpha value is -2.35. The Morgan fingerprint density at radius 1 is 1.15 bits per heavy atom. The van der Waals surface area contributed by atoms with Gasteiger partial charge in [0.15, 0.2) is 0 Å². The summed E-state index contributed by atoms with van der Waals surface area (Å²) in [5.74, 6) is -0.224. The van der Waals surface area contributed by atoms with E-state index in [-0.39, 0.29) is 23.7 Å². The highest BCUT2D eigenvalue weighted by Gasteiger charge is 2.20. The van der Waals surface area contributed by atoms with Crippen molar-refractivity contribution in [2.24, 2.45) is 0 Å². The molecular weight excluding hydrogens is 378 g/mol. The molecule has 0 spiro atoms. The van der Waals surface area contributed by atoms with Crippen LogP contribution in [0.25, 0.3) is 16.0 Å². The Bertz CT molecular complexity index is 1020. The molecule has 26 heavy (non-hydrogen) atoms. The molecule has 0 fully saturated rings. The van der Waals surface area contributed by atoms with Gasteiger partial charge in [-0.15, -0.1) is 0 Å². The summed E-state index contributed by atoms with van der Waals surface area (Å²) in [6, 6.07) is 9.10. The van der Waals surface area contributed by atoms with E-state index in [0.29, 0.717) is 18.5 Å². The molecule has 0 aliphatic heterocycles. The van der Waals surface area contributed by atoms with Crippen LogP contribution in [0.5, 0.6) is 0 Å². The molecule has 0 radical (unpaired) electrons. The number of hydrogen-bond donors (Lipinski definition) is 2. The van der Waals surface area contributed by atoms with Crippen LogP contribution in [0.4, 0.5) is 11.5 Å². The SMILES string of the molecule is [C-]#[N+]c1c(-c2ccccc2)cn(CCCCS(=O)(=O)O)c1NS(C)(=O)=O. The molecule has 1 heterocycles. The predicted molar refractivity (Wildman–Crippen MR) is 100 cm³/mol. The van der Waals surface area contributed by atoms with Crippen LogP contribution >= 0.6 is 0 Å². The van der Waals surface area contributed by atoms with Crippen molar-refractivity contribution in [2.45, 2.75) is 19.4 Å². The molecular formula is C16H19N3O5S2. The van der Waals surface area contributed by atoms with Gasteiger partial charge >= 0.3 is 0 Å². The molecule has 0 unspecified atom stereocenters. The first kappa shape index (κ1) is 20.0. The van der Waals surface area contributed by atoms with Crippen LogP contribution < -0.4 is 4.72 Å². The summed E-state index contributed by atoms with van der Waals surface area (Å²) in [4.78, 5) is 3.49. The molecule has 0 aliphatic carbocycles. The van der Waals surface area contributed by atoms with Gasteiger partial charge in [0.25, 0.3) is 10.1 Å². The normalized spacial score (nSPS) is 11.9. The van der Waals surface area contributed by atoms with Crippen molar-refractivity contribution in [3.05, 3.63) is 47.9 Å². The lowest BCUT2D eigenvalue weighted by atomic mass is 10.1. The van der Waals surface area contributed by atoms with Crippen LogP contribution in [0.1, 0.15) is 12.8 Å². The Labute approximate surface area is 153 Å². The van der Waals surface area contributed by atoms with Gasteiger partial charge in [0.1, 0.15) is 5.82 Å². The number of rotatable bonds is 8. The zero-order valence-corrected chi connectivity index (χ0v) is 15.7. The fourth-order valence-corrected chi connectivity index (χ4v) is 3.65. The van der Waals surface area contributed by atoms with Crippen LogP contribution in [0.2, 0.25) is 0 Å². The Kier molecular flexibility index (Phi) is 6.07. The van der Waals surface area contributed by atoms with Crippen molar-refractivity contribution in [2.75, 3.05) is 16.7 Å². The fourth-order valence-electron chi connectivity index (χ4n) is 2.51. The summed E-state index contributed by atoms with van der Waals surface area (Å²) in [6.07, 6.45) is 3.27. The van der Waals surface area contributed by atoms with Gasteiger partial charge in [0.2, 0.25) is 15.7 Å². The first-order valence-corrected chi connectivity index (χ1v) is 11.2. The molecule has 1 aromatic carbocycles. The van der Waals surface area contributed by atoms with Gasteiger partial charge in [-0.3, -0.25) is 9.27 Å². The molecule has 2 rings (SSSR count). The number of anilines is 1. The lowest BCUT2D eigenvalue weighted by Gasteiger charge is -2.10. The van der Waals surface area contributed by atoms with E-state index >= 15 is 0 Å². The van der Waals surface area contributed by atoms with Crippen molar-refractivity contribution in [1.82, 2.24) is 4.57 Å². The van der Waals surface area contributed by atoms with E-state index in [1.54, 1.807) is 10.8 Å². The van der Waals surface area contributed by atoms with E-state index in [1.807, 2.05) is 30.3 Å². The molecule has 2 N–H and O–H groups in total. The molecule has 0 atom stereocenters. The fraction of sp³-hybridized carbons (Fsp3) is 0.312. The maximum atomic E-state index is 11.7. The average molecular weight is 397 g/mol. The van der Waals surface area contributed by atoms with Crippen molar-refractivity contribution in [1.29, 1.82) is 0 Å². The monoisotopic (exact) mass is 397 g/mol. The lowest BCUT2D eigenvalue weighted by molar-refractivity contribution is 0.478. The van der Waals surface area contributed by atoms with Crippen molar-refractivity contribution in [3.8, 4) is 11.1 Å². The molecule has 8 nitrogen and oxygen atoms in total. The summed E-state index contributed by atoms with van der Waals surface area (Å²) >= 11 is 0. The van der Waals surface area contributed by atoms with Gasteiger partial charge in [-0.2, -0.15) is 8.42 Å². The highest BCUT2D eigenvalue weighted by Crippen LogP contribution is 2.39. The molecule has 1 aromatic heterocycles. The lowest BCUT2D eigenvalue weighted by Crippen LogP contribution is -2.14. The van der Waals surface area contributed by atoms with Crippen LogP contribution in [0, 0.1) is 6.57 Å². The van der Waals surface area contributed by atoms with Gasteiger partial charge in [0.05, 0.1) is 18.6 Å². The van der Waals surface area contributed by atoms with E-state index in [0.717, 1.165) is 11.8 Å². The minimum atomic E-state index is -4.04. The number of nitrogens with zero attached hydrogens (tertiary/aromatic N) is 2. The summed E-state index contributed by atoms with van der Waals surface area (Å²) in [5.41, 5.74) is 1.53. The van der Waals surface area contributed by atoms with E-state index in [9.17, 15) is 16.8 Å². The molecule has 0 saturated carbocycles. The smallest absolute Gasteiger partial charge is 0.264 e. The topological polar surface area (TPSA) is 110 Å². The van der Waals surface area contributed by atoms with Crippen LogP contribution in [0.15, 0.2) is 36.5 Å².